The summed E-state index contributed by atoms with van der Waals surface area (Å²) in [6, 6.07) is 0. The van der Waals surface area contributed by atoms with Crippen LogP contribution in [0.1, 0.15) is 13.8 Å². The molecule has 2 rings (SSSR count). The molecule has 0 aromatic rings. The summed E-state index contributed by atoms with van der Waals surface area (Å²) in [5, 5.41) is 18.7. The fraction of sp³-hybridized carbons (Fsp3) is 0.833. The van der Waals surface area contributed by atoms with E-state index in [1.807, 2.05) is 0 Å². The zero-order valence-electron chi connectivity index (χ0n) is 10.6. The zero-order chi connectivity index (χ0) is 13.3. The first-order valence-electron chi connectivity index (χ1n) is 6.01. The Hall–Kier alpha value is -0.500. The Labute approximate surface area is 106 Å². The van der Waals surface area contributed by atoms with Crippen LogP contribution in [0.2, 0.25) is 0 Å². The molecule has 2 fully saturated rings. The van der Waals surface area contributed by atoms with Crippen LogP contribution in [-0.2, 0) is 18.9 Å². The molecule has 0 aromatic carbocycles. The topological polar surface area (TPSA) is 77.4 Å². The summed E-state index contributed by atoms with van der Waals surface area (Å²) in [5.41, 5.74) is 0. The van der Waals surface area contributed by atoms with E-state index in [1.54, 1.807) is 19.9 Å². The summed E-state index contributed by atoms with van der Waals surface area (Å²) >= 11 is 0. The summed E-state index contributed by atoms with van der Waals surface area (Å²) in [6.45, 7) is 7.07. The van der Waals surface area contributed by atoms with E-state index in [1.165, 1.54) is 0 Å². The molecule has 0 radical (unpaired) electrons. The lowest BCUT2D eigenvalue weighted by molar-refractivity contribution is -0.230. The van der Waals surface area contributed by atoms with Crippen molar-refractivity contribution in [3.8, 4) is 0 Å². The van der Waals surface area contributed by atoms with E-state index >= 15 is 0 Å². The number of aliphatic hydroxyl groups excluding tert-OH is 2. The molecule has 0 aliphatic carbocycles. The van der Waals surface area contributed by atoms with Crippen molar-refractivity contribution in [1.29, 1.82) is 0 Å². The van der Waals surface area contributed by atoms with Gasteiger partial charge in [0.15, 0.2) is 12.1 Å². The summed E-state index contributed by atoms with van der Waals surface area (Å²) in [4.78, 5) is 0. The van der Waals surface area contributed by atoms with Gasteiger partial charge in [-0.2, -0.15) is 0 Å². The smallest absolute Gasteiger partial charge is 0.190 e. The highest BCUT2D eigenvalue weighted by atomic mass is 16.8. The van der Waals surface area contributed by atoms with E-state index in [9.17, 15) is 5.11 Å². The van der Waals surface area contributed by atoms with Gasteiger partial charge in [0.05, 0.1) is 13.2 Å². The van der Waals surface area contributed by atoms with Crippen LogP contribution in [0.15, 0.2) is 12.7 Å². The van der Waals surface area contributed by atoms with Crippen LogP contribution < -0.4 is 0 Å². The van der Waals surface area contributed by atoms with Crippen LogP contribution in [-0.4, -0.2) is 59.9 Å². The first-order chi connectivity index (χ1) is 8.48. The Morgan fingerprint density at radius 1 is 1.44 bits per heavy atom. The molecule has 0 spiro atoms. The minimum Gasteiger partial charge on any atom is -0.394 e. The summed E-state index contributed by atoms with van der Waals surface area (Å²) in [5.74, 6) is -0.736. The summed E-state index contributed by atoms with van der Waals surface area (Å²) in [7, 11) is 0. The van der Waals surface area contributed by atoms with Crippen LogP contribution in [0.4, 0.5) is 0 Å². The van der Waals surface area contributed by atoms with E-state index in [-0.39, 0.29) is 0 Å². The van der Waals surface area contributed by atoms with Crippen molar-refractivity contribution >= 4 is 0 Å². The lowest BCUT2D eigenvalue weighted by Crippen LogP contribution is -2.44. The Bertz CT molecular complexity index is 305. The van der Waals surface area contributed by atoms with Gasteiger partial charge in [-0.15, -0.1) is 6.58 Å². The van der Waals surface area contributed by atoms with Crippen molar-refractivity contribution in [3.05, 3.63) is 12.7 Å². The van der Waals surface area contributed by atoms with Crippen molar-refractivity contribution in [1.82, 2.24) is 0 Å². The molecule has 104 valence electrons. The van der Waals surface area contributed by atoms with E-state index in [2.05, 4.69) is 6.58 Å². The molecule has 2 saturated heterocycles. The van der Waals surface area contributed by atoms with Crippen LogP contribution >= 0.6 is 0 Å². The fourth-order valence-corrected chi connectivity index (χ4v) is 2.29. The maximum atomic E-state index is 9.72. The Morgan fingerprint density at radius 2 is 2.17 bits per heavy atom. The number of rotatable bonds is 5. The van der Waals surface area contributed by atoms with Gasteiger partial charge >= 0.3 is 0 Å². The molecule has 0 aromatic heterocycles. The molecule has 0 amide bonds. The molecule has 2 aliphatic heterocycles. The van der Waals surface area contributed by atoms with Gasteiger partial charge in [0.25, 0.3) is 0 Å². The normalized spacial score (nSPS) is 39.6. The molecule has 2 heterocycles. The Morgan fingerprint density at radius 3 is 2.78 bits per heavy atom. The second-order valence-electron chi connectivity index (χ2n) is 4.91. The van der Waals surface area contributed by atoms with Crippen LogP contribution in [0.25, 0.3) is 0 Å². The third kappa shape index (κ3) is 2.59. The minimum absolute atomic E-state index is 0.315. The fourth-order valence-electron chi connectivity index (χ4n) is 2.29. The average Bonchev–Trinajstić information content (AvgIpc) is 2.77. The van der Waals surface area contributed by atoms with Gasteiger partial charge < -0.3 is 29.2 Å². The molecule has 2 N–H and O–H groups in total. The largest absolute Gasteiger partial charge is 0.394 e. The van der Waals surface area contributed by atoms with Crippen molar-refractivity contribution in [3.63, 3.8) is 0 Å². The molecule has 0 saturated carbocycles. The van der Waals surface area contributed by atoms with Crippen LogP contribution in [0.3, 0.4) is 0 Å². The second-order valence-corrected chi connectivity index (χ2v) is 4.91. The van der Waals surface area contributed by atoms with Crippen molar-refractivity contribution in [2.75, 3.05) is 13.2 Å². The van der Waals surface area contributed by atoms with E-state index in [0.717, 1.165) is 0 Å². The van der Waals surface area contributed by atoms with Crippen molar-refractivity contribution < 1.29 is 29.2 Å². The molecule has 18 heavy (non-hydrogen) atoms. The zero-order valence-corrected chi connectivity index (χ0v) is 10.6. The van der Waals surface area contributed by atoms with Gasteiger partial charge in [-0.25, -0.2) is 0 Å². The van der Waals surface area contributed by atoms with Gasteiger partial charge in [-0.05, 0) is 13.8 Å². The quantitative estimate of drug-likeness (QED) is 0.666. The minimum atomic E-state index is -1.03. The van der Waals surface area contributed by atoms with Gasteiger partial charge in [0.1, 0.15) is 24.4 Å². The number of hydrogen-bond acceptors (Lipinski definition) is 6. The molecule has 0 bridgehead atoms. The maximum Gasteiger partial charge on any atom is 0.190 e. The Balaban J connectivity index is 2.09. The standard InChI is InChI=1S/C12H20O6/c1-4-5-15-9-8(7(14)6-13)16-11-10(9)17-12(2,3)18-11/h4,7-11,13-14H,1,5-6H2,2-3H3/t7-,8-,9-,10+,11+/m0/s1. The van der Waals surface area contributed by atoms with E-state index in [0.29, 0.717) is 6.61 Å². The number of fused-ring (bicyclic) bond motifs is 1. The third-order valence-electron chi connectivity index (χ3n) is 3.00. The van der Waals surface area contributed by atoms with Gasteiger partial charge in [0, 0.05) is 0 Å². The highest BCUT2D eigenvalue weighted by molar-refractivity contribution is 4.97. The van der Waals surface area contributed by atoms with Crippen molar-refractivity contribution in [2.45, 2.75) is 50.3 Å². The van der Waals surface area contributed by atoms with Crippen LogP contribution in [0, 0.1) is 0 Å². The van der Waals surface area contributed by atoms with E-state index < -0.39 is 43.1 Å². The highest BCUT2D eigenvalue weighted by Gasteiger charge is 2.56. The summed E-state index contributed by atoms with van der Waals surface area (Å²) < 4.78 is 22.4. The van der Waals surface area contributed by atoms with E-state index in [4.69, 9.17) is 24.1 Å². The Kier molecular flexibility index (Phi) is 4.05. The lowest BCUT2D eigenvalue weighted by Gasteiger charge is -2.27. The summed E-state index contributed by atoms with van der Waals surface area (Å²) in [6.07, 6.45) is -1.57. The van der Waals surface area contributed by atoms with Gasteiger partial charge in [-0.3, -0.25) is 0 Å². The molecule has 0 unspecified atom stereocenters. The third-order valence-corrected chi connectivity index (χ3v) is 3.00. The molecular formula is C12H20O6. The first kappa shape index (κ1) is 13.9. The molecule has 6 nitrogen and oxygen atoms in total. The predicted octanol–water partition coefficient (Wildman–Crippen LogP) is -0.213. The highest BCUT2D eigenvalue weighted by Crippen LogP contribution is 2.39. The maximum absolute atomic E-state index is 9.72. The second kappa shape index (κ2) is 5.24. The SMILES string of the molecule is C=CCO[C@H]1[C@H]([C@@H](O)CO)O[C@@H]2OC(C)(C)O[C@@H]21. The number of ether oxygens (including phenoxy) is 4. The number of aliphatic hydroxyl groups is 2. The lowest BCUT2D eigenvalue weighted by atomic mass is 10.1. The average molecular weight is 260 g/mol. The molecule has 2 aliphatic rings. The first-order valence-corrected chi connectivity index (χ1v) is 6.01. The number of hydrogen-bond donors (Lipinski definition) is 2. The molecular weight excluding hydrogens is 240 g/mol. The predicted molar refractivity (Wildman–Crippen MR) is 61.7 cm³/mol. The van der Waals surface area contributed by atoms with Crippen LogP contribution in [0.5, 0.6) is 0 Å². The van der Waals surface area contributed by atoms with Crippen molar-refractivity contribution in [2.24, 2.45) is 0 Å². The monoisotopic (exact) mass is 260 g/mol. The molecule has 5 atom stereocenters. The van der Waals surface area contributed by atoms with Gasteiger partial charge in [-0.1, -0.05) is 6.08 Å². The van der Waals surface area contributed by atoms with Gasteiger partial charge in [0.2, 0.25) is 0 Å². The molecule has 6 heteroatoms.